The molecule has 52 heavy (non-hydrogen) atoms. The lowest BCUT2D eigenvalue weighted by atomic mass is 9.81. The number of hydrogen-bond donors (Lipinski definition) is 3. The Kier molecular flexibility index (Phi) is 11.8. The molecule has 0 fully saturated rings. The van der Waals surface area contributed by atoms with Crippen LogP contribution < -0.4 is 15.6 Å². The largest absolute Gasteiger partial charge is 0.494 e. The van der Waals surface area contributed by atoms with Gasteiger partial charge in [0.1, 0.15) is 5.75 Å². The van der Waals surface area contributed by atoms with Gasteiger partial charge in [-0.1, -0.05) is 57.4 Å². The Labute approximate surface area is 301 Å². The van der Waals surface area contributed by atoms with Gasteiger partial charge in [-0.3, -0.25) is 10.2 Å². The number of ether oxygens (including phenoxy) is 2. The summed E-state index contributed by atoms with van der Waals surface area (Å²) in [6.07, 6.45) is -11.0. The molecule has 0 unspecified atom stereocenters. The van der Waals surface area contributed by atoms with Crippen molar-refractivity contribution in [1.82, 2.24) is 10.9 Å². The number of aliphatic hydroxyl groups excluding tert-OH is 1. The quantitative estimate of drug-likeness (QED) is 0.0311. The van der Waals surface area contributed by atoms with Gasteiger partial charge in [0.2, 0.25) is 5.90 Å². The van der Waals surface area contributed by atoms with Crippen molar-refractivity contribution in [2.24, 2.45) is 10.1 Å². The molecule has 0 saturated heterocycles. The second-order valence-corrected chi connectivity index (χ2v) is 12.5. The molecule has 2 atom stereocenters. The lowest BCUT2D eigenvalue weighted by molar-refractivity contribution is -0.143. The molecular weight excluding hydrogens is 762 g/mol. The summed E-state index contributed by atoms with van der Waals surface area (Å²) in [4.78, 5) is 22.1. The Hall–Kier alpha value is -5.09. The number of alkyl halides is 6. The molecule has 0 radical (unpaired) electrons. The van der Waals surface area contributed by atoms with E-state index in [1.54, 1.807) is 66.7 Å². The van der Waals surface area contributed by atoms with Crippen LogP contribution in [0.3, 0.4) is 0 Å². The van der Waals surface area contributed by atoms with Gasteiger partial charge < -0.3 is 14.6 Å². The summed E-state index contributed by atoms with van der Waals surface area (Å²) in [6, 6.07) is 21.0. The first kappa shape index (κ1) is 38.1. The molecule has 3 N–H and O–H groups in total. The zero-order chi connectivity index (χ0) is 37.5. The highest BCUT2D eigenvalue weighted by Crippen LogP contribution is 2.44. The van der Waals surface area contributed by atoms with E-state index in [-0.39, 0.29) is 37.3 Å². The molecular formula is C35H29BrF6N6O4. The Balaban J connectivity index is 1.55. The van der Waals surface area contributed by atoms with Gasteiger partial charge in [-0.15, -0.1) is 0 Å². The minimum absolute atomic E-state index is 0.0148. The van der Waals surface area contributed by atoms with Crippen molar-refractivity contribution in [2.75, 3.05) is 13.2 Å². The number of carbonyl (C=O) groups excluding carboxylic acids is 1. The van der Waals surface area contributed by atoms with E-state index < -0.39 is 53.1 Å². The third kappa shape index (κ3) is 9.03. The van der Waals surface area contributed by atoms with Gasteiger partial charge in [0.05, 0.1) is 17.7 Å². The maximum absolute atomic E-state index is 14.4. The summed E-state index contributed by atoms with van der Waals surface area (Å²) in [7, 11) is 0. The van der Waals surface area contributed by atoms with E-state index in [1.165, 1.54) is 6.07 Å². The predicted molar refractivity (Wildman–Crippen MR) is 181 cm³/mol. The van der Waals surface area contributed by atoms with Crippen LogP contribution in [0.1, 0.15) is 45.9 Å². The number of nitrogens with one attached hydrogen (secondary N) is 2. The van der Waals surface area contributed by atoms with E-state index >= 15 is 0 Å². The number of benzene rings is 4. The van der Waals surface area contributed by atoms with Gasteiger partial charge in [0.25, 0.3) is 5.91 Å². The monoisotopic (exact) mass is 790 g/mol. The zero-order valence-corrected chi connectivity index (χ0v) is 28.5. The second-order valence-electron chi connectivity index (χ2n) is 11.6. The third-order valence-corrected chi connectivity index (χ3v) is 8.48. The molecule has 0 aliphatic carbocycles. The van der Waals surface area contributed by atoms with Crippen LogP contribution >= 0.6 is 15.9 Å². The van der Waals surface area contributed by atoms with Gasteiger partial charge in [-0.05, 0) is 76.8 Å². The van der Waals surface area contributed by atoms with Crippen LogP contribution in [-0.4, -0.2) is 35.7 Å². The normalized spacial score (nSPS) is 17.2. The molecule has 272 valence electrons. The number of hydrazine groups is 1. The molecule has 0 bridgehead atoms. The smallest absolute Gasteiger partial charge is 0.416 e. The number of azide groups is 1. The summed E-state index contributed by atoms with van der Waals surface area (Å²) in [6.45, 7) is -0.392. The molecule has 1 heterocycles. The summed E-state index contributed by atoms with van der Waals surface area (Å²) in [5.41, 5.74) is 10.4. The van der Waals surface area contributed by atoms with Gasteiger partial charge in [0, 0.05) is 46.6 Å². The summed E-state index contributed by atoms with van der Waals surface area (Å²) in [5.74, 6) is -0.308. The SMILES string of the molecule is [N-]=[N+]=Nc1ccccc1C[C@]1(C(=O)NNCc2cc(C(F)(F)F)cc(C(F)(F)F)c2)N=C(c2ccc(OCCCO)cc2)O[C@H]1c1ccc(Br)cc1. The molecule has 1 aliphatic heterocycles. The average Bonchev–Trinajstić information content (AvgIpc) is 3.49. The minimum Gasteiger partial charge on any atom is -0.494 e. The molecule has 0 aromatic heterocycles. The van der Waals surface area contributed by atoms with E-state index in [0.29, 0.717) is 41.0 Å². The fourth-order valence-corrected chi connectivity index (χ4v) is 5.74. The van der Waals surface area contributed by atoms with Crippen LogP contribution in [0.25, 0.3) is 10.4 Å². The van der Waals surface area contributed by atoms with E-state index in [1.807, 2.05) is 0 Å². The lowest BCUT2D eigenvalue weighted by Gasteiger charge is -2.31. The van der Waals surface area contributed by atoms with Crippen molar-refractivity contribution >= 4 is 33.4 Å². The van der Waals surface area contributed by atoms with Crippen molar-refractivity contribution in [3.63, 3.8) is 0 Å². The Morgan fingerprint density at radius 3 is 2.25 bits per heavy atom. The number of rotatable bonds is 13. The molecule has 0 saturated carbocycles. The van der Waals surface area contributed by atoms with Gasteiger partial charge in [-0.2, -0.15) is 26.3 Å². The first-order valence-corrected chi connectivity index (χ1v) is 16.3. The average molecular weight is 792 g/mol. The molecule has 4 aromatic rings. The maximum Gasteiger partial charge on any atom is 0.416 e. The standard InChI is InChI=1S/C35H29BrF6N6O4/c36-27-10-6-22(7-11-27)30-33(19-24-4-1-2-5-29(24)46-48-43,45-31(52-30)23-8-12-28(13-9-23)51-15-3-14-49)32(50)47-44-20-21-16-25(34(37,38)39)18-26(17-21)35(40,41)42/h1-2,4-13,16-18,30,44,49H,3,14-15,19-20H2,(H,47,50)/t30-,33-/m0/s1. The minimum atomic E-state index is -5.06. The fraction of sp³-hybridized carbons (Fsp3) is 0.257. The Morgan fingerprint density at radius 2 is 1.63 bits per heavy atom. The summed E-state index contributed by atoms with van der Waals surface area (Å²) < 4.78 is 93.7. The second kappa shape index (κ2) is 16.1. The fourth-order valence-electron chi connectivity index (χ4n) is 5.47. The number of aliphatic hydroxyl groups is 1. The highest BCUT2D eigenvalue weighted by atomic mass is 79.9. The molecule has 5 rings (SSSR count). The topological polar surface area (TPSA) is 141 Å². The zero-order valence-electron chi connectivity index (χ0n) is 26.9. The highest BCUT2D eigenvalue weighted by Gasteiger charge is 2.53. The molecule has 10 nitrogen and oxygen atoms in total. The first-order valence-electron chi connectivity index (χ1n) is 15.5. The van der Waals surface area contributed by atoms with Crippen LogP contribution in [0.15, 0.2) is 106 Å². The van der Waals surface area contributed by atoms with Gasteiger partial charge in [-0.25, -0.2) is 10.4 Å². The van der Waals surface area contributed by atoms with E-state index in [2.05, 4.69) is 36.8 Å². The number of hydrogen-bond acceptors (Lipinski definition) is 7. The van der Waals surface area contributed by atoms with E-state index in [0.717, 1.165) is 4.47 Å². The van der Waals surface area contributed by atoms with Crippen LogP contribution in [0.5, 0.6) is 5.75 Å². The Morgan fingerprint density at radius 1 is 0.981 bits per heavy atom. The number of nitrogens with zero attached hydrogens (tertiary/aromatic N) is 4. The van der Waals surface area contributed by atoms with Crippen molar-refractivity contribution < 1.29 is 45.7 Å². The summed E-state index contributed by atoms with van der Waals surface area (Å²) >= 11 is 3.39. The molecule has 1 amide bonds. The molecule has 1 aliphatic rings. The van der Waals surface area contributed by atoms with Crippen molar-refractivity contribution in [3.05, 3.63) is 139 Å². The first-order chi connectivity index (χ1) is 24.7. The van der Waals surface area contributed by atoms with E-state index in [9.17, 15) is 36.7 Å². The number of halogens is 7. The van der Waals surface area contributed by atoms with Crippen LogP contribution in [0.2, 0.25) is 0 Å². The summed E-state index contributed by atoms with van der Waals surface area (Å²) in [5, 5.41) is 12.8. The number of aliphatic imine (C=N–C) groups is 1. The van der Waals surface area contributed by atoms with Crippen molar-refractivity contribution in [3.8, 4) is 5.75 Å². The van der Waals surface area contributed by atoms with Crippen LogP contribution in [0, 0.1) is 0 Å². The van der Waals surface area contributed by atoms with Crippen LogP contribution in [-0.2, 0) is 34.8 Å². The Bertz CT molecular complexity index is 1940. The number of carbonyl (C=O) groups is 1. The van der Waals surface area contributed by atoms with E-state index in [4.69, 9.17) is 19.6 Å². The third-order valence-electron chi connectivity index (χ3n) is 7.95. The maximum atomic E-state index is 14.4. The number of amides is 1. The molecule has 0 spiro atoms. The molecule has 17 heteroatoms. The van der Waals surface area contributed by atoms with Crippen molar-refractivity contribution in [2.45, 2.75) is 43.4 Å². The lowest BCUT2D eigenvalue weighted by Crippen LogP contribution is -2.53. The van der Waals surface area contributed by atoms with Gasteiger partial charge in [0.15, 0.2) is 11.6 Å². The predicted octanol–water partition coefficient (Wildman–Crippen LogP) is 8.51. The molecule has 4 aromatic carbocycles. The van der Waals surface area contributed by atoms with Crippen LogP contribution in [0.4, 0.5) is 32.0 Å². The van der Waals surface area contributed by atoms with Crippen molar-refractivity contribution in [1.29, 1.82) is 0 Å². The van der Waals surface area contributed by atoms with Gasteiger partial charge >= 0.3 is 12.4 Å². The highest BCUT2D eigenvalue weighted by molar-refractivity contribution is 9.10.